The van der Waals surface area contributed by atoms with Crippen LogP contribution in [0.2, 0.25) is 0 Å². The number of anilines is 1. The molecule has 0 radical (unpaired) electrons. The molecule has 0 aliphatic heterocycles. The number of aromatic amines is 1. The fourth-order valence-electron chi connectivity index (χ4n) is 2.17. The van der Waals surface area contributed by atoms with Gasteiger partial charge in [-0.3, -0.25) is 9.59 Å². The van der Waals surface area contributed by atoms with Gasteiger partial charge in [0, 0.05) is 23.5 Å². The number of benzene rings is 1. The van der Waals surface area contributed by atoms with Gasteiger partial charge in [-0.1, -0.05) is 32.0 Å². The molecule has 0 unspecified atom stereocenters. The Morgan fingerprint density at radius 2 is 1.80 bits per heavy atom. The second-order valence-corrected chi connectivity index (χ2v) is 4.55. The summed E-state index contributed by atoms with van der Waals surface area (Å²) < 4.78 is 0. The Hall–Kier alpha value is -2.36. The highest BCUT2D eigenvalue weighted by atomic mass is 16.2. The third kappa shape index (κ3) is 2.96. The number of carbonyl (C=O) groups excluding carboxylic acids is 1. The van der Waals surface area contributed by atoms with E-state index >= 15 is 0 Å². The molecule has 0 atom stereocenters. The molecule has 1 aromatic heterocycles. The largest absolute Gasteiger partial charge is 0.329 e. The zero-order chi connectivity index (χ0) is 14.5. The lowest BCUT2D eigenvalue weighted by atomic mass is 10.0. The summed E-state index contributed by atoms with van der Waals surface area (Å²) in [6.45, 7) is 4.11. The van der Waals surface area contributed by atoms with Gasteiger partial charge in [-0.15, -0.1) is 0 Å². The van der Waals surface area contributed by atoms with Gasteiger partial charge in [-0.25, -0.2) is 0 Å². The Balaban J connectivity index is 2.34. The second-order valence-electron chi connectivity index (χ2n) is 4.55. The van der Waals surface area contributed by atoms with E-state index in [1.54, 1.807) is 6.07 Å². The van der Waals surface area contributed by atoms with E-state index in [0.29, 0.717) is 5.56 Å². The molecule has 2 aromatic rings. The summed E-state index contributed by atoms with van der Waals surface area (Å²) in [5.74, 6) is -0.258. The van der Waals surface area contributed by atoms with Crippen LogP contribution < -0.4 is 10.9 Å². The smallest absolute Gasteiger partial charge is 0.255 e. The van der Waals surface area contributed by atoms with E-state index in [-0.39, 0.29) is 11.5 Å². The lowest BCUT2D eigenvalue weighted by Gasteiger charge is -2.14. The number of rotatable bonds is 4. The minimum atomic E-state index is -0.280. The number of amides is 1. The summed E-state index contributed by atoms with van der Waals surface area (Å²) in [6, 6.07) is 8.91. The molecule has 1 aromatic carbocycles. The number of pyridine rings is 1. The van der Waals surface area contributed by atoms with Crippen LogP contribution in [-0.4, -0.2) is 10.9 Å². The number of nitrogens with one attached hydrogen (secondary N) is 2. The van der Waals surface area contributed by atoms with Crippen LogP contribution in [-0.2, 0) is 12.8 Å². The zero-order valence-electron chi connectivity index (χ0n) is 11.7. The van der Waals surface area contributed by atoms with Gasteiger partial charge in [-0.2, -0.15) is 0 Å². The quantitative estimate of drug-likeness (QED) is 0.897. The van der Waals surface area contributed by atoms with Crippen LogP contribution in [0.1, 0.15) is 35.3 Å². The SMILES string of the molecule is CCc1cccc(CC)c1NC(=O)c1cc[nH]c(=O)c1. The predicted molar refractivity (Wildman–Crippen MR) is 80.2 cm³/mol. The van der Waals surface area contributed by atoms with Crippen molar-refractivity contribution in [2.24, 2.45) is 0 Å². The van der Waals surface area contributed by atoms with Gasteiger partial charge in [0.15, 0.2) is 0 Å². The topological polar surface area (TPSA) is 62.0 Å². The van der Waals surface area contributed by atoms with Gasteiger partial charge < -0.3 is 10.3 Å². The molecule has 0 spiro atoms. The minimum Gasteiger partial charge on any atom is -0.329 e. The summed E-state index contributed by atoms with van der Waals surface area (Å²) in [7, 11) is 0. The first-order valence-electron chi connectivity index (χ1n) is 6.76. The van der Waals surface area contributed by atoms with Crippen molar-refractivity contribution in [1.29, 1.82) is 0 Å². The average molecular weight is 270 g/mol. The maximum atomic E-state index is 12.2. The third-order valence-electron chi connectivity index (χ3n) is 3.27. The molecule has 20 heavy (non-hydrogen) atoms. The summed E-state index contributed by atoms with van der Waals surface area (Å²) in [6.07, 6.45) is 3.17. The van der Waals surface area contributed by atoms with E-state index in [1.807, 2.05) is 18.2 Å². The first kappa shape index (κ1) is 14.1. The molecular formula is C16H18N2O2. The van der Waals surface area contributed by atoms with Gasteiger partial charge in [0.1, 0.15) is 0 Å². The first-order chi connectivity index (χ1) is 9.65. The van der Waals surface area contributed by atoms with Gasteiger partial charge in [0.05, 0.1) is 0 Å². The van der Waals surface area contributed by atoms with Crippen LogP contribution in [0.4, 0.5) is 5.69 Å². The highest BCUT2D eigenvalue weighted by molar-refractivity contribution is 6.05. The van der Waals surface area contributed by atoms with Crippen LogP contribution >= 0.6 is 0 Å². The van der Waals surface area contributed by atoms with Crippen molar-refractivity contribution in [3.05, 3.63) is 63.6 Å². The Morgan fingerprint density at radius 3 is 2.35 bits per heavy atom. The lowest BCUT2D eigenvalue weighted by molar-refractivity contribution is 0.102. The molecule has 0 aliphatic rings. The standard InChI is InChI=1S/C16H18N2O2/c1-3-11-6-5-7-12(4-2)15(11)18-16(20)13-8-9-17-14(19)10-13/h5-10H,3-4H2,1-2H3,(H,17,19)(H,18,20). The van der Waals surface area contributed by atoms with E-state index in [4.69, 9.17) is 0 Å². The molecule has 4 heteroatoms. The molecule has 2 N–H and O–H groups in total. The molecule has 0 fully saturated rings. The average Bonchev–Trinajstić information content (AvgIpc) is 2.47. The van der Waals surface area contributed by atoms with Crippen molar-refractivity contribution in [2.75, 3.05) is 5.32 Å². The number of aromatic nitrogens is 1. The number of hydrogen-bond donors (Lipinski definition) is 2. The van der Waals surface area contributed by atoms with Crippen molar-refractivity contribution in [1.82, 2.24) is 4.98 Å². The highest BCUT2D eigenvalue weighted by Crippen LogP contribution is 2.23. The van der Waals surface area contributed by atoms with Crippen molar-refractivity contribution in [3.8, 4) is 0 Å². The van der Waals surface area contributed by atoms with Gasteiger partial charge in [0.25, 0.3) is 5.91 Å². The summed E-state index contributed by atoms with van der Waals surface area (Å²) in [5, 5.41) is 2.93. The molecule has 2 rings (SSSR count). The molecule has 104 valence electrons. The Morgan fingerprint density at radius 1 is 1.15 bits per heavy atom. The maximum absolute atomic E-state index is 12.2. The summed E-state index contributed by atoms with van der Waals surface area (Å²) in [5.41, 5.74) is 3.15. The molecule has 1 amide bonds. The second kappa shape index (κ2) is 6.19. The van der Waals surface area contributed by atoms with E-state index in [1.165, 1.54) is 12.3 Å². The lowest BCUT2D eigenvalue weighted by Crippen LogP contribution is -2.17. The highest BCUT2D eigenvalue weighted by Gasteiger charge is 2.11. The van der Waals surface area contributed by atoms with Gasteiger partial charge in [0.2, 0.25) is 5.56 Å². The first-order valence-corrected chi connectivity index (χ1v) is 6.76. The van der Waals surface area contributed by atoms with Crippen molar-refractivity contribution >= 4 is 11.6 Å². The molecular weight excluding hydrogens is 252 g/mol. The predicted octanol–water partition coefficient (Wildman–Crippen LogP) is 2.75. The molecule has 0 saturated carbocycles. The zero-order valence-corrected chi connectivity index (χ0v) is 11.7. The van der Waals surface area contributed by atoms with E-state index in [9.17, 15) is 9.59 Å². The fraction of sp³-hybridized carbons (Fsp3) is 0.250. The Kier molecular flexibility index (Phi) is 4.35. The van der Waals surface area contributed by atoms with Crippen LogP contribution in [0.3, 0.4) is 0 Å². The van der Waals surface area contributed by atoms with Crippen molar-refractivity contribution in [3.63, 3.8) is 0 Å². The van der Waals surface area contributed by atoms with E-state index in [2.05, 4.69) is 24.1 Å². The molecule has 1 heterocycles. The molecule has 4 nitrogen and oxygen atoms in total. The minimum absolute atomic E-state index is 0.258. The van der Waals surface area contributed by atoms with Crippen LogP contribution in [0.15, 0.2) is 41.3 Å². The fourth-order valence-corrected chi connectivity index (χ4v) is 2.17. The number of H-pyrrole nitrogens is 1. The number of aryl methyl sites for hydroxylation is 2. The van der Waals surface area contributed by atoms with Crippen molar-refractivity contribution in [2.45, 2.75) is 26.7 Å². The summed E-state index contributed by atoms with van der Waals surface area (Å²) >= 11 is 0. The number of hydrogen-bond acceptors (Lipinski definition) is 2. The van der Waals surface area contributed by atoms with E-state index < -0.39 is 0 Å². The van der Waals surface area contributed by atoms with Gasteiger partial charge >= 0.3 is 0 Å². The van der Waals surface area contributed by atoms with E-state index in [0.717, 1.165) is 29.7 Å². The normalized spacial score (nSPS) is 10.3. The van der Waals surface area contributed by atoms with Crippen LogP contribution in [0.5, 0.6) is 0 Å². The number of carbonyl (C=O) groups is 1. The Labute approximate surface area is 117 Å². The monoisotopic (exact) mass is 270 g/mol. The number of para-hydroxylation sites is 1. The Bertz CT molecular complexity index is 652. The van der Waals surface area contributed by atoms with Crippen molar-refractivity contribution < 1.29 is 4.79 Å². The van der Waals surface area contributed by atoms with Gasteiger partial charge in [-0.05, 0) is 30.0 Å². The third-order valence-corrected chi connectivity index (χ3v) is 3.27. The molecule has 0 aliphatic carbocycles. The van der Waals surface area contributed by atoms with Crippen LogP contribution in [0, 0.1) is 0 Å². The molecule has 0 saturated heterocycles. The maximum Gasteiger partial charge on any atom is 0.255 e. The molecule has 0 bridgehead atoms. The summed E-state index contributed by atoms with van der Waals surface area (Å²) in [4.78, 5) is 26.0. The van der Waals surface area contributed by atoms with Crippen LogP contribution in [0.25, 0.3) is 0 Å².